The molecule has 1 aliphatic carbocycles. The molecule has 0 spiro atoms. The number of ether oxygens (including phenoxy) is 1. The van der Waals surface area contributed by atoms with Crippen molar-refractivity contribution in [2.75, 3.05) is 6.54 Å². The smallest absolute Gasteiger partial charge is 0.408 e. The van der Waals surface area contributed by atoms with Crippen molar-refractivity contribution in [3.8, 4) is 0 Å². The van der Waals surface area contributed by atoms with E-state index in [9.17, 15) is 24.3 Å². The molecule has 3 amide bonds. The Labute approximate surface area is 197 Å². The van der Waals surface area contributed by atoms with Crippen LogP contribution in [0, 0.1) is 23.7 Å². The van der Waals surface area contributed by atoms with Crippen LogP contribution in [0.2, 0.25) is 0 Å². The Morgan fingerprint density at radius 2 is 1.55 bits per heavy atom. The molecular formula is C24H43N3O6. The molecule has 1 fully saturated rings. The number of carbonyl (C=O) groups is 4. The molecule has 0 saturated heterocycles. The van der Waals surface area contributed by atoms with E-state index in [2.05, 4.69) is 16.0 Å². The van der Waals surface area contributed by atoms with Crippen LogP contribution in [0.1, 0.15) is 80.6 Å². The predicted molar refractivity (Wildman–Crippen MR) is 125 cm³/mol. The van der Waals surface area contributed by atoms with Crippen molar-refractivity contribution in [2.24, 2.45) is 23.7 Å². The van der Waals surface area contributed by atoms with Crippen LogP contribution >= 0.6 is 0 Å². The molecule has 0 unspecified atom stereocenters. The van der Waals surface area contributed by atoms with Crippen LogP contribution < -0.4 is 16.0 Å². The van der Waals surface area contributed by atoms with Crippen LogP contribution in [0.4, 0.5) is 4.79 Å². The van der Waals surface area contributed by atoms with Crippen LogP contribution in [0.3, 0.4) is 0 Å². The molecule has 33 heavy (non-hydrogen) atoms. The average Bonchev–Trinajstić information content (AvgIpc) is 2.72. The predicted octanol–water partition coefficient (Wildman–Crippen LogP) is 3.07. The molecule has 0 aromatic rings. The second kappa shape index (κ2) is 12.8. The Bertz CT molecular complexity index is 680. The number of aliphatic carboxylic acids is 1. The number of hydrogen-bond acceptors (Lipinski definition) is 5. The summed E-state index contributed by atoms with van der Waals surface area (Å²) < 4.78 is 5.29. The highest BCUT2D eigenvalue weighted by Gasteiger charge is 2.32. The summed E-state index contributed by atoms with van der Waals surface area (Å²) in [7, 11) is 0. The lowest BCUT2D eigenvalue weighted by molar-refractivity contribution is -0.144. The first kappa shape index (κ1) is 28.7. The molecule has 3 atom stereocenters. The van der Waals surface area contributed by atoms with Crippen LogP contribution in [0.5, 0.6) is 0 Å². The van der Waals surface area contributed by atoms with Crippen molar-refractivity contribution in [3.05, 3.63) is 0 Å². The fourth-order valence-electron chi connectivity index (χ4n) is 3.90. The summed E-state index contributed by atoms with van der Waals surface area (Å²) in [6, 6.07) is -1.57. The number of rotatable bonds is 10. The highest BCUT2D eigenvalue weighted by Crippen LogP contribution is 2.29. The quantitative estimate of drug-likeness (QED) is 0.388. The van der Waals surface area contributed by atoms with E-state index in [1.807, 2.05) is 13.8 Å². The Kier molecular flexibility index (Phi) is 11.1. The van der Waals surface area contributed by atoms with E-state index in [1.54, 1.807) is 34.6 Å². The number of hydrogen-bond donors (Lipinski definition) is 4. The van der Waals surface area contributed by atoms with Crippen LogP contribution in [0.25, 0.3) is 0 Å². The number of amides is 3. The summed E-state index contributed by atoms with van der Waals surface area (Å²) in [5, 5.41) is 17.6. The van der Waals surface area contributed by atoms with Gasteiger partial charge in [0.25, 0.3) is 0 Å². The highest BCUT2D eigenvalue weighted by molar-refractivity contribution is 5.86. The fraction of sp³-hybridized carbons (Fsp3) is 0.833. The summed E-state index contributed by atoms with van der Waals surface area (Å²) in [5.74, 6) is -1.69. The third kappa shape index (κ3) is 10.0. The second-order valence-corrected chi connectivity index (χ2v) is 10.5. The van der Waals surface area contributed by atoms with Gasteiger partial charge in [0.15, 0.2) is 0 Å². The van der Waals surface area contributed by atoms with Gasteiger partial charge in [0.2, 0.25) is 11.8 Å². The van der Waals surface area contributed by atoms with Crippen LogP contribution in [0.15, 0.2) is 0 Å². The van der Waals surface area contributed by atoms with Crippen molar-refractivity contribution < 1.29 is 29.0 Å². The van der Waals surface area contributed by atoms with Crippen molar-refractivity contribution in [2.45, 2.75) is 98.3 Å². The molecule has 0 aliphatic heterocycles. The zero-order valence-electron chi connectivity index (χ0n) is 21.2. The Morgan fingerprint density at radius 1 is 0.970 bits per heavy atom. The Hall–Kier alpha value is -2.32. The lowest BCUT2D eigenvalue weighted by atomic mass is 9.81. The first-order chi connectivity index (χ1) is 15.2. The van der Waals surface area contributed by atoms with Gasteiger partial charge in [-0.25, -0.2) is 9.59 Å². The Balaban J connectivity index is 2.55. The molecule has 0 radical (unpaired) electrons. The number of carboxylic acids is 1. The van der Waals surface area contributed by atoms with Crippen molar-refractivity contribution in [3.63, 3.8) is 0 Å². The van der Waals surface area contributed by atoms with Gasteiger partial charge in [-0.15, -0.1) is 0 Å². The first-order valence-corrected chi connectivity index (χ1v) is 12.1. The molecule has 0 heterocycles. The van der Waals surface area contributed by atoms with E-state index in [0.29, 0.717) is 19.4 Å². The Morgan fingerprint density at radius 3 is 2.00 bits per heavy atom. The zero-order chi connectivity index (χ0) is 25.3. The van der Waals surface area contributed by atoms with Crippen molar-refractivity contribution in [1.82, 2.24) is 16.0 Å². The maximum atomic E-state index is 12.8. The fourth-order valence-corrected chi connectivity index (χ4v) is 3.90. The van der Waals surface area contributed by atoms with E-state index in [1.165, 1.54) is 0 Å². The van der Waals surface area contributed by atoms with E-state index >= 15 is 0 Å². The molecule has 190 valence electrons. The van der Waals surface area contributed by atoms with Gasteiger partial charge >= 0.3 is 12.1 Å². The topological polar surface area (TPSA) is 134 Å². The normalized spacial score (nSPS) is 21.5. The molecule has 0 aromatic heterocycles. The van der Waals surface area contributed by atoms with Gasteiger partial charge in [-0.3, -0.25) is 9.59 Å². The van der Waals surface area contributed by atoms with E-state index in [0.717, 1.165) is 19.3 Å². The van der Waals surface area contributed by atoms with Crippen molar-refractivity contribution >= 4 is 23.9 Å². The van der Waals surface area contributed by atoms with Crippen LogP contribution in [-0.4, -0.2) is 53.2 Å². The monoisotopic (exact) mass is 469 g/mol. The minimum Gasteiger partial charge on any atom is -0.480 e. The van der Waals surface area contributed by atoms with Gasteiger partial charge in [0.1, 0.15) is 17.7 Å². The lowest BCUT2D eigenvalue weighted by Gasteiger charge is -2.30. The summed E-state index contributed by atoms with van der Waals surface area (Å²) in [6.07, 6.45) is 2.96. The van der Waals surface area contributed by atoms with Gasteiger partial charge in [-0.1, -0.05) is 34.1 Å². The molecular weight excluding hydrogens is 426 g/mol. The maximum Gasteiger partial charge on any atom is 0.408 e. The lowest BCUT2D eigenvalue weighted by Crippen LogP contribution is -2.52. The number of nitrogens with one attached hydrogen (secondary N) is 3. The van der Waals surface area contributed by atoms with Crippen LogP contribution in [-0.2, 0) is 19.1 Å². The molecule has 9 heteroatoms. The van der Waals surface area contributed by atoms with E-state index in [-0.39, 0.29) is 35.5 Å². The molecule has 4 N–H and O–H groups in total. The molecule has 1 saturated carbocycles. The molecule has 9 nitrogen and oxygen atoms in total. The third-order valence-electron chi connectivity index (χ3n) is 6.18. The average molecular weight is 470 g/mol. The van der Waals surface area contributed by atoms with E-state index < -0.39 is 29.7 Å². The summed E-state index contributed by atoms with van der Waals surface area (Å²) >= 11 is 0. The second-order valence-electron chi connectivity index (χ2n) is 10.5. The number of alkyl carbamates (subject to hydrolysis) is 1. The first-order valence-electron chi connectivity index (χ1n) is 12.1. The number of carboxylic acid groups (broad SMARTS) is 1. The SMILES string of the molecule is CC[C@@H](C)[C@H](NC(=O)OC(C)(C)C)C(=O)NCC1CCC(C(=O)N[C@H](C(=O)O)C(C)C)CC1. The number of carbonyl (C=O) groups excluding carboxylic acids is 3. The van der Waals surface area contributed by atoms with E-state index in [4.69, 9.17) is 4.74 Å². The summed E-state index contributed by atoms with van der Waals surface area (Å²) in [6.45, 7) is 13.2. The maximum absolute atomic E-state index is 12.8. The van der Waals surface area contributed by atoms with Gasteiger partial charge in [-0.05, 0) is 64.2 Å². The largest absolute Gasteiger partial charge is 0.480 e. The van der Waals surface area contributed by atoms with Gasteiger partial charge in [-0.2, -0.15) is 0 Å². The van der Waals surface area contributed by atoms with Gasteiger partial charge in [0, 0.05) is 12.5 Å². The zero-order valence-corrected chi connectivity index (χ0v) is 21.2. The molecule has 1 aliphatic rings. The summed E-state index contributed by atoms with van der Waals surface area (Å²) in [4.78, 5) is 48.8. The molecule has 1 rings (SSSR count). The highest BCUT2D eigenvalue weighted by atomic mass is 16.6. The summed E-state index contributed by atoms with van der Waals surface area (Å²) in [5.41, 5.74) is -0.648. The minimum atomic E-state index is -1.02. The van der Waals surface area contributed by atoms with Crippen molar-refractivity contribution in [1.29, 1.82) is 0 Å². The van der Waals surface area contributed by atoms with Gasteiger partial charge < -0.3 is 25.8 Å². The third-order valence-corrected chi connectivity index (χ3v) is 6.18. The van der Waals surface area contributed by atoms with Gasteiger partial charge in [0.05, 0.1) is 0 Å². The standard InChI is InChI=1S/C24H43N3O6/c1-8-15(4)19(27-23(32)33-24(5,6)7)21(29)25-13-16-9-11-17(12-10-16)20(28)26-18(14(2)3)22(30)31/h14-19H,8-13H2,1-7H3,(H,25,29)(H,26,28)(H,27,32)(H,30,31)/t15-,16?,17?,18+,19+/m1/s1. The minimum absolute atomic E-state index is 0.0555. The molecule has 0 aromatic carbocycles. The molecule has 0 bridgehead atoms.